The summed E-state index contributed by atoms with van der Waals surface area (Å²) in [5, 5.41) is 0. The number of halogens is 1. The lowest BCUT2D eigenvalue weighted by Crippen LogP contribution is -2.35. The molecule has 0 saturated carbocycles. The van der Waals surface area contributed by atoms with Crippen LogP contribution in [0.2, 0.25) is 0 Å². The number of fused-ring (bicyclic) bond motifs is 3. The molecule has 0 bridgehead atoms. The molecule has 2 aliphatic rings. The number of benzene rings is 2. The molecule has 0 N–H and O–H groups in total. The van der Waals surface area contributed by atoms with Gasteiger partial charge >= 0.3 is 0 Å². The molecule has 0 radical (unpaired) electrons. The standard InChI is InChI=1S/C18H19NO.BrH/c1-2-4-17-15(3-1)12-16-11-14(5-6-18(16)17)13-19-7-9-20-10-8-19;/h1-6,11H,7-10,12-13H2;1H. The number of rotatable bonds is 2. The Hall–Kier alpha value is -1.16. The second-order valence-corrected chi connectivity index (χ2v) is 5.71. The lowest BCUT2D eigenvalue weighted by molar-refractivity contribution is 0.0342. The quantitative estimate of drug-likeness (QED) is 0.702. The summed E-state index contributed by atoms with van der Waals surface area (Å²) >= 11 is 0. The van der Waals surface area contributed by atoms with Crippen LogP contribution in [-0.4, -0.2) is 31.2 Å². The van der Waals surface area contributed by atoms with Crippen LogP contribution in [0.5, 0.6) is 0 Å². The van der Waals surface area contributed by atoms with Crippen molar-refractivity contribution in [3.63, 3.8) is 0 Å². The third-order valence-electron chi connectivity index (χ3n) is 4.37. The first-order valence-corrected chi connectivity index (χ1v) is 7.40. The van der Waals surface area contributed by atoms with Crippen molar-refractivity contribution in [3.05, 3.63) is 59.2 Å². The monoisotopic (exact) mass is 345 g/mol. The predicted molar refractivity (Wildman–Crippen MR) is 91.1 cm³/mol. The minimum Gasteiger partial charge on any atom is -0.379 e. The van der Waals surface area contributed by atoms with Crippen LogP contribution in [0.15, 0.2) is 42.5 Å². The van der Waals surface area contributed by atoms with Crippen LogP contribution in [0.25, 0.3) is 11.1 Å². The predicted octanol–water partition coefficient (Wildman–Crippen LogP) is 3.67. The van der Waals surface area contributed by atoms with Gasteiger partial charge in [0.25, 0.3) is 0 Å². The van der Waals surface area contributed by atoms with E-state index in [1.165, 1.54) is 27.8 Å². The van der Waals surface area contributed by atoms with Crippen molar-refractivity contribution in [1.82, 2.24) is 4.90 Å². The summed E-state index contributed by atoms with van der Waals surface area (Å²) in [6, 6.07) is 15.7. The molecule has 1 fully saturated rings. The Balaban J connectivity index is 0.00000132. The normalized spacial score (nSPS) is 17.0. The Bertz CT molecular complexity index is 635. The molecule has 1 aliphatic carbocycles. The van der Waals surface area contributed by atoms with Crippen molar-refractivity contribution >= 4 is 17.0 Å². The molecule has 2 nitrogen and oxygen atoms in total. The van der Waals surface area contributed by atoms with E-state index in [-0.39, 0.29) is 17.0 Å². The van der Waals surface area contributed by atoms with Gasteiger partial charge in [-0.25, -0.2) is 0 Å². The highest BCUT2D eigenvalue weighted by atomic mass is 79.9. The van der Waals surface area contributed by atoms with Gasteiger partial charge in [0.15, 0.2) is 0 Å². The smallest absolute Gasteiger partial charge is 0.0594 e. The lowest BCUT2D eigenvalue weighted by atomic mass is 10.0. The van der Waals surface area contributed by atoms with Crippen molar-refractivity contribution < 1.29 is 4.74 Å². The second-order valence-electron chi connectivity index (χ2n) is 5.71. The van der Waals surface area contributed by atoms with E-state index in [9.17, 15) is 0 Å². The van der Waals surface area contributed by atoms with E-state index in [2.05, 4.69) is 47.4 Å². The van der Waals surface area contributed by atoms with E-state index in [0.717, 1.165) is 39.3 Å². The topological polar surface area (TPSA) is 12.5 Å². The highest BCUT2D eigenvalue weighted by molar-refractivity contribution is 8.93. The summed E-state index contributed by atoms with van der Waals surface area (Å²) in [6.07, 6.45) is 1.09. The van der Waals surface area contributed by atoms with Gasteiger partial charge in [0, 0.05) is 19.6 Å². The zero-order chi connectivity index (χ0) is 13.4. The maximum atomic E-state index is 5.41. The van der Waals surface area contributed by atoms with Gasteiger partial charge in [-0.2, -0.15) is 0 Å². The molecule has 0 aromatic heterocycles. The minimum atomic E-state index is 0. The molecular formula is C18H20BrNO. The van der Waals surface area contributed by atoms with Crippen molar-refractivity contribution in [2.45, 2.75) is 13.0 Å². The molecule has 2 aromatic rings. The van der Waals surface area contributed by atoms with Crippen molar-refractivity contribution in [2.24, 2.45) is 0 Å². The number of ether oxygens (including phenoxy) is 1. The number of hydrogen-bond donors (Lipinski definition) is 0. The molecule has 1 saturated heterocycles. The Kier molecular flexibility index (Phi) is 4.43. The van der Waals surface area contributed by atoms with Gasteiger partial charge in [-0.05, 0) is 34.2 Å². The fourth-order valence-electron chi connectivity index (χ4n) is 3.31. The molecule has 21 heavy (non-hydrogen) atoms. The fraction of sp³-hybridized carbons (Fsp3) is 0.333. The Morgan fingerprint density at radius 3 is 2.52 bits per heavy atom. The zero-order valence-corrected chi connectivity index (χ0v) is 13.8. The Morgan fingerprint density at radius 2 is 1.67 bits per heavy atom. The van der Waals surface area contributed by atoms with Crippen LogP contribution in [0.1, 0.15) is 16.7 Å². The van der Waals surface area contributed by atoms with Gasteiger partial charge in [-0.15, -0.1) is 17.0 Å². The van der Waals surface area contributed by atoms with E-state index < -0.39 is 0 Å². The number of nitrogens with zero attached hydrogens (tertiary/aromatic N) is 1. The fourth-order valence-corrected chi connectivity index (χ4v) is 3.31. The Morgan fingerprint density at radius 1 is 0.905 bits per heavy atom. The Labute approximate surface area is 136 Å². The van der Waals surface area contributed by atoms with Crippen LogP contribution in [0, 0.1) is 0 Å². The van der Waals surface area contributed by atoms with Crippen molar-refractivity contribution in [1.29, 1.82) is 0 Å². The maximum Gasteiger partial charge on any atom is 0.0594 e. The third-order valence-corrected chi connectivity index (χ3v) is 4.37. The average Bonchev–Trinajstić information content (AvgIpc) is 2.86. The largest absolute Gasteiger partial charge is 0.379 e. The first kappa shape index (κ1) is 14.8. The highest BCUT2D eigenvalue weighted by Crippen LogP contribution is 2.36. The average molecular weight is 346 g/mol. The summed E-state index contributed by atoms with van der Waals surface area (Å²) in [7, 11) is 0. The number of hydrogen-bond acceptors (Lipinski definition) is 2. The lowest BCUT2D eigenvalue weighted by Gasteiger charge is -2.26. The van der Waals surface area contributed by atoms with Gasteiger partial charge < -0.3 is 4.74 Å². The molecule has 1 heterocycles. The van der Waals surface area contributed by atoms with Gasteiger partial charge in [0.1, 0.15) is 0 Å². The molecule has 1 aliphatic heterocycles. The summed E-state index contributed by atoms with van der Waals surface area (Å²) in [5.41, 5.74) is 7.22. The summed E-state index contributed by atoms with van der Waals surface area (Å²) < 4.78 is 5.41. The van der Waals surface area contributed by atoms with Crippen molar-refractivity contribution in [2.75, 3.05) is 26.3 Å². The SMILES string of the molecule is Br.c1ccc2c(c1)Cc1cc(CN3CCOCC3)ccc1-2. The van der Waals surface area contributed by atoms with E-state index in [4.69, 9.17) is 4.74 Å². The highest BCUT2D eigenvalue weighted by Gasteiger charge is 2.18. The second kappa shape index (κ2) is 6.30. The molecule has 3 heteroatoms. The van der Waals surface area contributed by atoms with Crippen LogP contribution >= 0.6 is 17.0 Å². The molecule has 0 amide bonds. The van der Waals surface area contributed by atoms with Crippen LogP contribution in [-0.2, 0) is 17.7 Å². The molecule has 0 atom stereocenters. The molecular weight excluding hydrogens is 326 g/mol. The minimum absolute atomic E-state index is 0. The first-order chi connectivity index (χ1) is 9.90. The van der Waals surface area contributed by atoms with Gasteiger partial charge in [-0.1, -0.05) is 42.5 Å². The number of morpholine rings is 1. The molecule has 0 unspecified atom stereocenters. The molecule has 0 spiro atoms. The van der Waals surface area contributed by atoms with Gasteiger partial charge in [0.2, 0.25) is 0 Å². The van der Waals surface area contributed by atoms with Gasteiger partial charge in [-0.3, -0.25) is 4.90 Å². The van der Waals surface area contributed by atoms with E-state index in [0.29, 0.717) is 0 Å². The molecule has 110 valence electrons. The van der Waals surface area contributed by atoms with Crippen LogP contribution in [0.4, 0.5) is 0 Å². The van der Waals surface area contributed by atoms with Crippen molar-refractivity contribution in [3.8, 4) is 11.1 Å². The van der Waals surface area contributed by atoms with Crippen LogP contribution < -0.4 is 0 Å². The van der Waals surface area contributed by atoms with E-state index in [1.807, 2.05) is 0 Å². The maximum absolute atomic E-state index is 5.41. The molecule has 4 rings (SSSR count). The zero-order valence-electron chi connectivity index (χ0n) is 12.0. The van der Waals surface area contributed by atoms with E-state index >= 15 is 0 Å². The van der Waals surface area contributed by atoms with E-state index in [1.54, 1.807) is 0 Å². The van der Waals surface area contributed by atoms with Gasteiger partial charge in [0.05, 0.1) is 13.2 Å². The summed E-state index contributed by atoms with van der Waals surface area (Å²) in [4.78, 5) is 2.48. The first-order valence-electron chi connectivity index (χ1n) is 7.40. The molecule has 2 aromatic carbocycles. The third kappa shape index (κ3) is 2.91. The summed E-state index contributed by atoms with van der Waals surface area (Å²) in [5.74, 6) is 0. The van der Waals surface area contributed by atoms with Crippen LogP contribution in [0.3, 0.4) is 0 Å². The summed E-state index contributed by atoms with van der Waals surface area (Å²) in [6.45, 7) is 4.90.